The molecule has 0 amide bonds. The predicted molar refractivity (Wildman–Crippen MR) is 67.5 cm³/mol. The van der Waals surface area contributed by atoms with E-state index in [2.05, 4.69) is 13.6 Å². The van der Waals surface area contributed by atoms with Crippen LogP contribution in [0.5, 0.6) is 0 Å². The maximum absolute atomic E-state index is 11.5. The summed E-state index contributed by atoms with van der Waals surface area (Å²) in [6.07, 6.45) is -0.00725. The Balaban J connectivity index is 2.03. The Kier molecular flexibility index (Phi) is 4.18. The maximum Gasteiger partial charge on any atom is 0.338 e. The van der Waals surface area contributed by atoms with Crippen LogP contribution >= 0.6 is 0 Å². The molecule has 1 N–H and O–H groups in total. The molecule has 19 heavy (non-hydrogen) atoms. The van der Waals surface area contributed by atoms with Crippen LogP contribution < -0.4 is 4.72 Å². The molecule has 0 bridgehead atoms. The molecule has 1 saturated heterocycles. The van der Waals surface area contributed by atoms with E-state index in [1.807, 2.05) is 30.3 Å². The van der Waals surface area contributed by atoms with Gasteiger partial charge >= 0.3 is 16.3 Å². The highest BCUT2D eigenvalue weighted by Crippen LogP contribution is 2.19. The average Bonchev–Trinajstić information content (AvgIpc) is 2.72. The van der Waals surface area contributed by atoms with Crippen LogP contribution in [0.15, 0.2) is 30.3 Å². The highest BCUT2D eigenvalue weighted by atomic mass is 32.2. The van der Waals surface area contributed by atoms with Crippen molar-refractivity contribution in [2.24, 2.45) is 0 Å². The van der Waals surface area contributed by atoms with Gasteiger partial charge in [-0.2, -0.15) is 13.1 Å². The summed E-state index contributed by atoms with van der Waals surface area (Å²) in [6, 6.07) is 9.00. The zero-order valence-corrected chi connectivity index (χ0v) is 11.2. The number of esters is 1. The van der Waals surface area contributed by atoms with Crippen LogP contribution in [0.4, 0.5) is 0 Å². The summed E-state index contributed by atoms with van der Waals surface area (Å²) < 4.78 is 34.2. The molecule has 1 aliphatic heterocycles. The molecular formula is C12H15NO5S. The van der Waals surface area contributed by atoms with Crippen molar-refractivity contribution >= 4 is 16.3 Å². The second kappa shape index (κ2) is 5.68. The van der Waals surface area contributed by atoms with Gasteiger partial charge in [0.25, 0.3) is 0 Å². The lowest BCUT2D eigenvalue weighted by Crippen LogP contribution is -2.37. The Morgan fingerprint density at radius 2 is 2.05 bits per heavy atom. The molecular weight excluding hydrogens is 270 g/mol. The van der Waals surface area contributed by atoms with Gasteiger partial charge in [0.15, 0.2) is 6.10 Å². The van der Waals surface area contributed by atoms with Gasteiger partial charge < -0.3 is 4.74 Å². The van der Waals surface area contributed by atoms with E-state index in [0.717, 1.165) is 5.56 Å². The molecule has 0 saturated carbocycles. The van der Waals surface area contributed by atoms with E-state index in [-0.39, 0.29) is 0 Å². The van der Waals surface area contributed by atoms with Gasteiger partial charge in [0.2, 0.25) is 0 Å². The largest absolute Gasteiger partial charge is 0.467 e. The van der Waals surface area contributed by atoms with Crippen molar-refractivity contribution in [1.82, 2.24) is 4.72 Å². The van der Waals surface area contributed by atoms with Crippen LogP contribution in [0.3, 0.4) is 0 Å². The Labute approximate surface area is 112 Å². The molecule has 1 aromatic carbocycles. The standard InChI is InChI=1S/C12H15NO5S/c1-17-12(14)11-10(13-19(15,16)18-11)8-7-9-5-3-2-4-6-9/h2-6,10-11,13H,7-8H2,1H3/t10-,11-/m0/s1. The average molecular weight is 285 g/mol. The highest BCUT2D eigenvalue weighted by molar-refractivity contribution is 7.85. The summed E-state index contributed by atoms with van der Waals surface area (Å²) in [6.45, 7) is 0. The van der Waals surface area contributed by atoms with Crippen LogP contribution in [0.2, 0.25) is 0 Å². The molecule has 0 unspecified atom stereocenters. The van der Waals surface area contributed by atoms with E-state index >= 15 is 0 Å². The summed E-state index contributed by atoms with van der Waals surface area (Å²) >= 11 is 0. The molecule has 6 nitrogen and oxygen atoms in total. The van der Waals surface area contributed by atoms with Gasteiger partial charge in [-0.05, 0) is 18.4 Å². The first-order valence-corrected chi connectivity index (χ1v) is 7.25. The summed E-state index contributed by atoms with van der Waals surface area (Å²) in [5, 5.41) is 0. The van der Waals surface area contributed by atoms with E-state index in [1.165, 1.54) is 7.11 Å². The lowest BCUT2D eigenvalue weighted by atomic mass is 10.0. The fraction of sp³-hybridized carbons (Fsp3) is 0.417. The molecule has 0 aromatic heterocycles. The monoisotopic (exact) mass is 285 g/mol. The van der Waals surface area contributed by atoms with E-state index in [1.54, 1.807) is 0 Å². The first-order chi connectivity index (χ1) is 9.02. The quantitative estimate of drug-likeness (QED) is 0.810. The molecule has 2 atom stereocenters. The summed E-state index contributed by atoms with van der Waals surface area (Å²) in [5.41, 5.74) is 1.07. The number of hydrogen-bond donors (Lipinski definition) is 1. The molecule has 7 heteroatoms. The molecule has 1 fully saturated rings. The van der Waals surface area contributed by atoms with Crippen molar-refractivity contribution in [2.75, 3.05) is 7.11 Å². The number of benzene rings is 1. The number of carbonyl (C=O) groups excluding carboxylic acids is 1. The number of carbonyl (C=O) groups is 1. The molecule has 1 aliphatic rings. The molecule has 1 aromatic rings. The Hall–Kier alpha value is -1.44. The summed E-state index contributed by atoms with van der Waals surface area (Å²) in [7, 11) is -2.66. The third-order valence-electron chi connectivity index (χ3n) is 2.91. The fourth-order valence-electron chi connectivity index (χ4n) is 1.98. The van der Waals surface area contributed by atoms with Crippen molar-refractivity contribution in [2.45, 2.75) is 25.0 Å². The normalized spacial score (nSPS) is 25.1. The van der Waals surface area contributed by atoms with Crippen LogP contribution in [0, 0.1) is 0 Å². The van der Waals surface area contributed by atoms with E-state index in [4.69, 9.17) is 0 Å². The van der Waals surface area contributed by atoms with E-state index in [9.17, 15) is 13.2 Å². The summed E-state index contributed by atoms with van der Waals surface area (Å²) in [4.78, 5) is 11.5. The highest BCUT2D eigenvalue weighted by Gasteiger charge is 2.43. The number of rotatable bonds is 4. The Morgan fingerprint density at radius 3 is 2.68 bits per heavy atom. The van der Waals surface area contributed by atoms with Crippen LogP contribution in [0.25, 0.3) is 0 Å². The smallest absolute Gasteiger partial charge is 0.338 e. The van der Waals surface area contributed by atoms with Crippen molar-refractivity contribution in [1.29, 1.82) is 0 Å². The minimum Gasteiger partial charge on any atom is -0.467 e. The molecule has 0 spiro atoms. The number of ether oxygens (including phenoxy) is 1. The van der Waals surface area contributed by atoms with E-state index < -0.39 is 28.4 Å². The van der Waals surface area contributed by atoms with Gasteiger partial charge in [-0.1, -0.05) is 30.3 Å². The molecule has 0 radical (unpaired) electrons. The van der Waals surface area contributed by atoms with Crippen molar-refractivity contribution in [3.63, 3.8) is 0 Å². The van der Waals surface area contributed by atoms with Gasteiger partial charge in [0.1, 0.15) is 0 Å². The Morgan fingerprint density at radius 1 is 1.37 bits per heavy atom. The van der Waals surface area contributed by atoms with Gasteiger partial charge in [0, 0.05) is 0 Å². The molecule has 104 valence electrons. The number of nitrogens with one attached hydrogen (secondary N) is 1. The minimum absolute atomic E-state index is 0.461. The van der Waals surface area contributed by atoms with Crippen molar-refractivity contribution < 1.29 is 22.1 Å². The first-order valence-electron chi connectivity index (χ1n) is 5.84. The lowest BCUT2D eigenvalue weighted by Gasteiger charge is -2.13. The SMILES string of the molecule is COC(=O)[C@H]1OS(=O)(=O)N[C@H]1CCc1ccccc1. The molecule has 1 heterocycles. The zero-order chi connectivity index (χ0) is 13.9. The molecule has 2 rings (SSSR count). The lowest BCUT2D eigenvalue weighted by molar-refractivity contribution is -0.148. The van der Waals surface area contributed by atoms with Crippen molar-refractivity contribution in [3.8, 4) is 0 Å². The van der Waals surface area contributed by atoms with Crippen molar-refractivity contribution in [3.05, 3.63) is 35.9 Å². The predicted octanol–water partition coefficient (Wildman–Crippen LogP) is 0.394. The number of hydrogen-bond acceptors (Lipinski definition) is 5. The third kappa shape index (κ3) is 3.52. The summed E-state index contributed by atoms with van der Waals surface area (Å²) in [5.74, 6) is -0.688. The van der Waals surface area contributed by atoms with Gasteiger partial charge in [-0.15, -0.1) is 0 Å². The topological polar surface area (TPSA) is 81.7 Å². The second-order valence-corrected chi connectivity index (χ2v) is 5.58. The van der Waals surface area contributed by atoms with Gasteiger partial charge in [-0.3, -0.25) is 0 Å². The number of aryl methyl sites for hydroxylation is 1. The Bertz CT molecular complexity index is 542. The number of methoxy groups -OCH3 is 1. The fourth-order valence-corrected chi connectivity index (χ4v) is 3.13. The van der Waals surface area contributed by atoms with Gasteiger partial charge in [-0.25, -0.2) is 8.98 Å². The molecule has 0 aliphatic carbocycles. The van der Waals surface area contributed by atoms with Crippen LogP contribution in [0.1, 0.15) is 12.0 Å². The maximum atomic E-state index is 11.5. The van der Waals surface area contributed by atoms with Crippen LogP contribution in [-0.2, 0) is 30.4 Å². The van der Waals surface area contributed by atoms with Gasteiger partial charge in [0.05, 0.1) is 13.2 Å². The minimum atomic E-state index is -3.85. The third-order valence-corrected chi connectivity index (χ3v) is 3.96. The van der Waals surface area contributed by atoms with E-state index in [0.29, 0.717) is 12.8 Å². The second-order valence-electron chi connectivity index (χ2n) is 4.24. The first kappa shape index (κ1) is 14.0. The van der Waals surface area contributed by atoms with Crippen LogP contribution in [-0.4, -0.2) is 33.6 Å². The zero-order valence-electron chi connectivity index (χ0n) is 10.4.